The van der Waals surface area contributed by atoms with E-state index < -0.39 is 0 Å². The number of rotatable bonds is 12. The molecular weight excluding hydrogens is 849 g/mol. The van der Waals surface area contributed by atoms with Gasteiger partial charge >= 0.3 is 0 Å². The van der Waals surface area contributed by atoms with Crippen molar-refractivity contribution in [1.29, 1.82) is 0 Å². The minimum Gasteiger partial charge on any atom is -0.341 e. The van der Waals surface area contributed by atoms with E-state index in [1.165, 1.54) is 111 Å². The lowest BCUT2D eigenvalue weighted by Gasteiger charge is -2.25. The van der Waals surface area contributed by atoms with Crippen LogP contribution in [0, 0.1) is 0 Å². The van der Waals surface area contributed by atoms with Gasteiger partial charge in [0.05, 0.1) is 11.0 Å². The molecule has 0 unspecified atom stereocenters. The van der Waals surface area contributed by atoms with Crippen LogP contribution in [-0.2, 0) is 0 Å². The Morgan fingerprint density at radius 1 is 0.286 bits per heavy atom. The molecule has 0 bridgehead atoms. The molecule has 0 saturated carbocycles. The third-order valence-electron chi connectivity index (χ3n) is 14.3. The molecule has 1 heterocycles. The van der Waals surface area contributed by atoms with Crippen LogP contribution >= 0.6 is 0 Å². The topological polar surface area (TPSA) is 14.7 Å². The third-order valence-corrected chi connectivity index (χ3v) is 14.3. The second-order valence-electron chi connectivity index (χ2n) is 18.1. The summed E-state index contributed by atoms with van der Waals surface area (Å²) in [4.78, 5) is 7.23. The lowest BCUT2D eigenvalue weighted by Crippen LogP contribution is -2.16. The quantitative estimate of drug-likeness (QED) is 0.121. The Kier molecular flexibility index (Phi) is 11.1. The fraction of sp³-hybridized carbons (Fsp3) is 0.0909. The van der Waals surface area contributed by atoms with Crippen LogP contribution in [0.4, 0.5) is 34.1 Å². The van der Waals surface area contributed by atoms with Crippen molar-refractivity contribution in [2.24, 2.45) is 0 Å². The minimum absolute atomic E-state index is 0.857. The summed E-state index contributed by atoms with van der Waals surface area (Å²) in [7, 11) is 0. The summed E-state index contributed by atoms with van der Waals surface area (Å²) in [5.74, 6) is 0. The molecule has 0 amide bonds. The van der Waals surface area contributed by atoms with Gasteiger partial charge in [-0.15, -0.1) is 0 Å². The highest BCUT2D eigenvalue weighted by Crippen LogP contribution is 2.41. The van der Waals surface area contributed by atoms with Crippen LogP contribution in [0.2, 0.25) is 0 Å². The zero-order valence-corrected chi connectivity index (χ0v) is 39.9. The van der Waals surface area contributed by atoms with E-state index in [2.05, 4.69) is 277 Å². The van der Waals surface area contributed by atoms with E-state index in [-0.39, 0.29) is 0 Å². The van der Waals surface area contributed by atoms with E-state index in [0.29, 0.717) is 0 Å². The van der Waals surface area contributed by atoms with Gasteiger partial charge in [-0.2, -0.15) is 0 Å². The molecule has 0 fully saturated rings. The van der Waals surface area contributed by atoms with E-state index in [1.807, 2.05) is 0 Å². The molecule has 0 saturated heterocycles. The van der Waals surface area contributed by atoms with Gasteiger partial charge < -0.3 is 19.3 Å². The molecule has 0 aliphatic heterocycles. The second kappa shape index (κ2) is 18.1. The van der Waals surface area contributed by atoms with Gasteiger partial charge in [0.25, 0.3) is 0 Å². The van der Waals surface area contributed by atoms with Gasteiger partial charge in [-0.3, -0.25) is 0 Å². The zero-order chi connectivity index (χ0) is 47.1. The minimum atomic E-state index is 0.857. The molecule has 70 heavy (non-hydrogen) atoms. The largest absolute Gasteiger partial charge is 0.341 e. The van der Waals surface area contributed by atoms with E-state index in [1.54, 1.807) is 0 Å². The van der Waals surface area contributed by atoms with Crippen molar-refractivity contribution in [2.75, 3.05) is 34.3 Å². The lowest BCUT2D eigenvalue weighted by molar-refractivity contribution is 1.03. The monoisotopic (exact) mass is 902 g/mol. The van der Waals surface area contributed by atoms with Crippen molar-refractivity contribution in [1.82, 2.24) is 4.57 Å². The van der Waals surface area contributed by atoms with Gasteiger partial charge in [0.15, 0.2) is 0 Å². The van der Waals surface area contributed by atoms with Crippen molar-refractivity contribution >= 4 is 88.2 Å². The summed E-state index contributed by atoms with van der Waals surface area (Å²) in [5.41, 5.74) is 15.5. The first-order valence-electron chi connectivity index (χ1n) is 24.7. The second-order valence-corrected chi connectivity index (χ2v) is 18.1. The molecule has 0 N–H and O–H groups in total. The molecule has 11 aromatic carbocycles. The predicted octanol–water partition coefficient (Wildman–Crippen LogP) is 18.1. The Balaban J connectivity index is 0.939. The molecule has 12 rings (SSSR count). The molecule has 338 valence electrons. The van der Waals surface area contributed by atoms with Gasteiger partial charge in [0.2, 0.25) is 0 Å². The van der Waals surface area contributed by atoms with Crippen molar-refractivity contribution in [3.63, 3.8) is 0 Å². The van der Waals surface area contributed by atoms with Gasteiger partial charge in [0.1, 0.15) is 0 Å². The van der Waals surface area contributed by atoms with Crippen LogP contribution in [0.15, 0.2) is 237 Å². The number of hydrogen-bond acceptors (Lipinski definition) is 3. The maximum absolute atomic E-state index is 2.44. The number of fused-ring (bicyclic) bond motifs is 6. The summed E-state index contributed by atoms with van der Waals surface area (Å²) in [6.45, 7) is 9.28. The normalized spacial score (nSPS) is 11.5. The van der Waals surface area contributed by atoms with Gasteiger partial charge in [0, 0.05) is 86.4 Å². The summed E-state index contributed by atoms with van der Waals surface area (Å²) in [5, 5.41) is 9.99. The van der Waals surface area contributed by atoms with Crippen molar-refractivity contribution in [3.05, 3.63) is 237 Å². The number of aromatic nitrogens is 1. The number of anilines is 6. The molecule has 0 radical (unpaired) electrons. The molecular formula is C66H54N4. The van der Waals surface area contributed by atoms with E-state index in [9.17, 15) is 0 Å². The van der Waals surface area contributed by atoms with Crippen LogP contribution in [0.5, 0.6) is 0 Å². The van der Waals surface area contributed by atoms with Crippen LogP contribution in [0.1, 0.15) is 20.8 Å². The molecule has 0 atom stereocenters. The first-order valence-corrected chi connectivity index (χ1v) is 24.7. The Hall–Kier alpha value is -8.60. The maximum Gasteiger partial charge on any atom is 0.0541 e. The van der Waals surface area contributed by atoms with Crippen molar-refractivity contribution in [3.8, 4) is 27.9 Å². The molecule has 0 aliphatic carbocycles. The summed E-state index contributed by atoms with van der Waals surface area (Å²) >= 11 is 0. The van der Waals surface area contributed by atoms with Crippen LogP contribution < -0.4 is 14.7 Å². The Bertz CT molecular complexity index is 3640. The smallest absolute Gasteiger partial charge is 0.0541 e. The SMILES string of the molecule is CCN(c1ccc(-c2ccc3c(c2)c2cc(-c4ccc(N(CC)c5cccc6ccccc56)cc4)ccc2n3-c2ccc(N(CC)c3cccc4ccccc34)cc2)cc1)c1cccc2ccccc12. The Morgan fingerprint density at radius 3 is 0.957 bits per heavy atom. The Labute approximate surface area is 410 Å². The summed E-state index contributed by atoms with van der Waals surface area (Å²) in [6.07, 6.45) is 0. The average Bonchev–Trinajstić information content (AvgIpc) is 3.75. The first-order chi connectivity index (χ1) is 34.6. The highest BCUT2D eigenvalue weighted by Gasteiger charge is 2.18. The fourth-order valence-electron chi connectivity index (χ4n) is 10.9. The molecule has 1 aromatic heterocycles. The van der Waals surface area contributed by atoms with E-state index >= 15 is 0 Å². The molecule has 12 aromatic rings. The van der Waals surface area contributed by atoms with Gasteiger partial charge in [-0.25, -0.2) is 0 Å². The molecule has 4 nitrogen and oxygen atoms in total. The van der Waals surface area contributed by atoms with Gasteiger partial charge in [-0.05, 0) is 150 Å². The lowest BCUT2D eigenvalue weighted by atomic mass is 9.99. The molecule has 0 spiro atoms. The standard InChI is InChI=1S/C66H54N4/c1-4-67(62-25-13-19-48-16-7-10-22-57(48)62)53-34-28-46(29-35-53)51-32-42-65-60(44-51)61-45-52(47-30-36-54(37-31-47)68(5-2)63-26-14-20-49-17-8-11-23-58(49)63)33-43-66(61)70(65)56-40-38-55(39-41-56)69(6-3)64-27-15-21-50-18-9-12-24-59(50)64/h7-45H,4-6H2,1-3H3. The number of benzene rings is 11. The Morgan fingerprint density at radius 2 is 0.600 bits per heavy atom. The zero-order valence-electron chi connectivity index (χ0n) is 39.9. The van der Waals surface area contributed by atoms with E-state index in [0.717, 1.165) is 25.3 Å². The maximum atomic E-state index is 2.44. The highest BCUT2D eigenvalue weighted by atomic mass is 15.1. The van der Waals surface area contributed by atoms with Crippen LogP contribution in [-0.4, -0.2) is 24.2 Å². The van der Waals surface area contributed by atoms with Crippen molar-refractivity contribution < 1.29 is 0 Å². The van der Waals surface area contributed by atoms with E-state index in [4.69, 9.17) is 0 Å². The summed E-state index contributed by atoms with van der Waals surface area (Å²) in [6, 6.07) is 87.1. The number of hydrogen-bond donors (Lipinski definition) is 0. The van der Waals surface area contributed by atoms with Gasteiger partial charge in [-0.1, -0.05) is 146 Å². The highest BCUT2D eigenvalue weighted by molar-refractivity contribution is 6.12. The molecule has 0 aliphatic rings. The number of nitrogens with zero attached hydrogens (tertiary/aromatic N) is 4. The van der Waals surface area contributed by atoms with Crippen molar-refractivity contribution in [2.45, 2.75) is 20.8 Å². The van der Waals surface area contributed by atoms with Crippen LogP contribution in [0.25, 0.3) is 82.1 Å². The fourth-order valence-corrected chi connectivity index (χ4v) is 10.9. The summed E-state index contributed by atoms with van der Waals surface area (Å²) < 4.78 is 2.44. The average molecular weight is 903 g/mol. The van der Waals surface area contributed by atoms with Crippen LogP contribution in [0.3, 0.4) is 0 Å². The first kappa shape index (κ1) is 42.7. The predicted molar refractivity (Wildman–Crippen MR) is 302 cm³/mol. The third kappa shape index (κ3) is 7.50. The molecule has 4 heteroatoms.